The molecule has 1 aromatic heterocycles. The van der Waals surface area contributed by atoms with Crippen molar-refractivity contribution in [1.82, 2.24) is 30.4 Å². The maximum Gasteiger partial charge on any atom is 0.325 e. The third-order valence-corrected chi connectivity index (χ3v) is 4.32. The van der Waals surface area contributed by atoms with E-state index in [0.717, 1.165) is 16.2 Å². The predicted molar refractivity (Wildman–Crippen MR) is 101 cm³/mol. The van der Waals surface area contributed by atoms with Crippen molar-refractivity contribution in [3.05, 3.63) is 42.5 Å². The molecule has 0 saturated carbocycles. The molecule has 0 atom stereocenters. The molecule has 28 heavy (non-hydrogen) atoms. The lowest BCUT2D eigenvalue weighted by atomic mass is 10.1. The zero-order valence-electron chi connectivity index (χ0n) is 15.8. The summed E-state index contributed by atoms with van der Waals surface area (Å²) in [6.45, 7) is 5.01. The van der Waals surface area contributed by atoms with Crippen LogP contribution in [0.2, 0.25) is 0 Å². The van der Waals surface area contributed by atoms with Crippen LogP contribution < -0.4 is 10.7 Å². The first kappa shape index (κ1) is 19.2. The summed E-state index contributed by atoms with van der Waals surface area (Å²) < 4.78 is 1.63. The standard InChI is InChI=1S/C18H21N7O3/c1-12(13-4-6-14(7-5-13)25-11-19-10-20-25)22-23-15(26)8-9-24-16(27)18(2,3)21-17(24)28/h4-7,10-11H,8-9H2,1-3H3,(H,21,28)(H,23,26)/b22-12-. The maximum absolute atomic E-state index is 12.1. The van der Waals surface area contributed by atoms with E-state index in [1.54, 1.807) is 31.8 Å². The topological polar surface area (TPSA) is 122 Å². The first-order chi connectivity index (χ1) is 13.3. The molecule has 1 saturated heterocycles. The van der Waals surface area contributed by atoms with Crippen LogP contribution in [0.5, 0.6) is 0 Å². The number of aromatic nitrogens is 3. The fraction of sp³-hybridized carbons (Fsp3) is 0.333. The molecule has 1 aromatic carbocycles. The molecule has 1 aliphatic rings. The minimum absolute atomic E-state index is 0.00109. The molecule has 4 amide bonds. The Bertz CT molecular complexity index is 917. The molecular formula is C18H21N7O3. The van der Waals surface area contributed by atoms with Gasteiger partial charge in [-0.05, 0) is 38.5 Å². The Balaban J connectivity index is 1.54. The average molecular weight is 383 g/mol. The molecule has 2 aromatic rings. The summed E-state index contributed by atoms with van der Waals surface area (Å²) in [6, 6.07) is 6.96. The number of rotatable bonds is 6. The molecule has 2 heterocycles. The molecule has 10 nitrogen and oxygen atoms in total. The Kier molecular flexibility index (Phi) is 5.21. The molecular weight excluding hydrogens is 362 g/mol. The number of hydrogen-bond acceptors (Lipinski definition) is 6. The smallest absolute Gasteiger partial charge is 0.324 e. The normalized spacial score (nSPS) is 16.2. The number of hydrazone groups is 1. The lowest BCUT2D eigenvalue weighted by Gasteiger charge is -2.15. The number of carbonyl (C=O) groups excluding carboxylic acids is 3. The van der Waals surface area contributed by atoms with Crippen molar-refractivity contribution in [3.8, 4) is 5.69 Å². The van der Waals surface area contributed by atoms with Crippen molar-refractivity contribution in [1.29, 1.82) is 0 Å². The predicted octanol–water partition coefficient (Wildman–Crippen LogP) is 0.828. The Morgan fingerprint density at radius 2 is 1.96 bits per heavy atom. The van der Waals surface area contributed by atoms with Gasteiger partial charge in [-0.3, -0.25) is 14.5 Å². The number of benzene rings is 1. The summed E-state index contributed by atoms with van der Waals surface area (Å²) in [6.07, 6.45) is 3.02. The molecule has 1 fully saturated rings. The average Bonchev–Trinajstić information content (AvgIpc) is 3.26. The van der Waals surface area contributed by atoms with Crippen molar-refractivity contribution in [2.75, 3.05) is 6.54 Å². The van der Waals surface area contributed by atoms with E-state index in [-0.39, 0.29) is 24.8 Å². The molecule has 1 aliphatic heterocycles. The molecule has 0 spiro atoms. The highest BCUT2D eigenvalue weighted by Crippen LogP contribution is 2.16. The third-order valence-electron chi connectivity index (χ3n) is 4.32. The molecule has 146 valence electrons. The number of hydrogen-bond donors (Lipinski definition) is 2. The van der Waals surface area contributed by atoms with E-state index in [1.807, 2.05) is 24.3 Å². The van der Waals surface area contributed by atoms with E-state index in [0.29, 0.717) is 5.71 Å². The van der Waals surface area contributed by atoms with E-state index >= 15 is 0 Å². The largest absolute Gasteiger partial charge is 0.325 e. The van der Waals surface area contributed by atoms with Gasteiger partial charge in [0.15, 0.2) is 0 Å². The fourth-order valence-corrected chi connectivity index (χ4v) is 2.70. The second-order valence-electron chi connectivity index (χ2n) is 6.88. The van der Waals surface area contributed by atoms with Crippen LogP contribution in [0.3, 0.4) is 0 Å². The van der Waals surface area contributed by atoms with E-state index in [9.17, 15) is 14.4 Å². The molecule has 3 rings (SSSR count). The van der Waals surface area contributed by atoms with Gasteiger partial charge < -0.3 is 5.32 Å². The summed E-state index contributed by atoms with van der Waals surface area (Å²) in [7, 11) is 0. The van der Waals surface area contributed by atoms with Crippen LogP contribution in [0.15, 0.2) is 42.0 Å². The number of nitrogens with zero attached hydrogens (tertiary/aromatic N) is 5. The summed E-state index contributed by atoms with van der Waals surface area (Å²) in [4.78, 5) is 40.8. The second kappa shape index (κ2) is 7.59. The van der Waals surface area contributed by atoms with Gasteiger partial charge in [0.2, 0.25) is 5.91 Å². The van der Waals surface area contributed by atoms with Gasteiger partial charge in [-0.1, -0.05) is 12.1 Å². The summed E-state index contributed by atoms with van der Waals surface area (Å²) >= 11 is 0. The highest BCUT2D eigenvalue weighted by atomic mass is 16.2. The Hall–Kier alpha value is -3.56. The Morgan fingerprint density at radius 1 is 1.25 bits per heavy atom. The van der Waals surface area contributed by atoms with Gasteiger partial charge in [0.05, 0.1) is 11.4 Å². The molecule has 2 N–H and O–H groups in total. The van der Waals surface area contributed by atoms with Crippen LogP contribution in [-0.2, 0) is 9.59 Å². The van der Waals surface area contributed by atoms with Gasteiger partial charge in [0.25, 0.3) is 5.91 Å². The first-order valence-electron chi connectivity index (χ1n) is 8.70. The van der Waals surface area contributed by atoms with Gasteiger partial charge in [0, 0.05) is 13.0 Å². The number of imide groups is 1. The minimum atomic E-state index is -0.944. The number of amides is 4. The highest BCUT2D eigenvalue weighted by Gasteiger charge is 2.43. The van der Waals surface area contributed by atoms with Gasteiger partial charge in [-0.15, -0.1) is 0 Å². The zero-order chi connectivity index (χ0) is 20.3. The molecule has 0 radical (unpaired) electrons. The number of carbonyl (C=O) groups is 3. The van der Waals surface area contributed by atoms with Crippen LogP contribution in [0.1, 0.15) is 32.8 Å². The summed E-state index contributed by atoms with van der Waals surface area (Å²) in [5, 5.41) is 10.7. The van der Waals surface area contributed by atoms with Gasteiger partial charge in [0.1, 0.15) is 18.2 Å². The van der Waals surface area contributed by atoms with Crippen LogP contribution in [0.25, 0.3) is 5.69 Å². The van der Waals surface area contributed by atoms with Crippen LogP contribution in [-0.4, -0.2) is 55.3 Å². The van der Waals surface area contributed by atoms with Crippen molar-refractivity contribution in [3.63, 3.8) is 0 Å². The molecule has 0 unspecified atom stereocenters. The zero-order valence-corrected chi connectivity index (χ0v) is 15.8. The molecule has 0 bridgehead atoms. The van der Waals surface area contributed by atoms with E-state index in [2.05, 4.69) is 25.9 Å². The van der Waals surface area contributed by atoms with Crippen LogP contribution >= 0.6 is 0 Å². The van der Waals surface area contributed by atoms with Gasteiger partial charge in [-0.25, -0.2) is 19.9 Å². The van der Waals surface area contributed by atoms with Gasteiger partial charge >= 0.3 is 6.03 Å². The Labute approximate surface area is 161 Å². The monoisotopic (exact) mass is 383 g/mol. The number of nitrogens with one attached hydrogen (secondary N) is 2. The molecule has 10 heteroatoms. The summed E-state index contributed by atoms with van der Waals surface area (Å²) in [5.41, 5.74) is 3.81. The lowest BCUT2D eigenvalue weighted by molar-refractivity contribution is -0.130. The highest BCUT2D eigenvalue weighted by molar-refractivity contribution is 6.06. The SMILES string of the molecule is C/C(=N/NC(=O)CCN1C(=O)NC(C)(C)C1=O)c1ccc(-n2cncn2)cc1. The van der Waals surface area contributed by atoms with Crippen molar-refractivity contribution in [2.45, 2.75) is 32.7 Å². The second-order valence-corrected chi connectivity index (χ2v) is 6.88. The fourth-order valence-electron chi connectivity index (χ4n) is 2.70. The van der Waals surface area contributed by atoms with Crippen molar-refractivity contribution >= 4 is 23.6 Å². The maximum atomic E-state index is 12.1. The quantitative estimate of drug-likeness (QED) is 0.435. The van der Waals surface area contributed by atoms with Crippen LogP contribution in [0, 0.1) is 0 Å². The lowest BCUT2D eigenvalue weighted by Crippen LogP contribution is -2.40. The first-order valence-corrected chi connectivity index (χ1v) is 8.70. The van der Waals surface area contributed by atoms with Crippen LogP contribution in [0.4, 0.5) is 4.79 Å². The number of urea groups is 1. The van der Waals surface area contributed by atoms with E-state index in [1.165, 1.54) is 6.33 Å². The van der Waals surface area contributed by atoms with Crippen molar-refractivity contribution < 1.29 is 14.4 Å². The van der Waals surface area contributed by atoms with E-state index < -0.39 is 11.6 Å². The third kappa shape index (κ3) is 4.05. The minimum Gasteiger partial charge on any atom is -0.324 e. The molecule has 0 aliphatic carbocycles. The van der Waals surface area contributed by atoms with Crippen molar-refractivity contribution in [2.24, 2.45) is 5.10 Å². The van der Waals surface area contributed by atoms with Gasteiger partial charge in [-0.2, -0.15) is 10.2 Å². The van der Waals surface area contributed by atoms with E-state index in [4.69, 9.17) is 0 Å². The summed E-state index contributed by atoms with van der Waals surface area (Å²) in [5.74, 6) is -0.735. The Morgan fingerprint density at radius 3 is 2.54 bits per heavy atom.